The zero-order chi connectivity index (χ0) is 13.8. The molecule has 0 heterocycles. The lowest BCUT2D eigenvalue weighted by Crippen LogP contribution is -2.03. The van der Waals surface area contributed by atoms with Crippen molar-refractivity contribution in [1.82, 2.24) is 0 Å². The summed E-state index contributed by atoms with van der Waals surface area (Å²) in [6, 6.07) is 14.8. The van der Waals surface area contributed by atoms with Gasteiger partial charge < -0.3 is 4.74 Å². The van der Waals surface area contributed by atoms with E-state index in [1.165, 1.54) is 13.2 Å². The molecule has 100 valence electrons. The largest absolute Gasteiger partial charge is 0.494 e. The molecule has 0 bridgehead atoms. The summed E-state index contributed by atoms with van der Waals surface area (Å²) in [5.74, 6) is -0.0402. The van der Waals surface area contributed by atoms with Crippen molar-refractivity contribution in [3.8, 4) is 5.75 Å². The average Bonchev–Trinajstić information content (AvgIpc) is 2.46. The minimum absolute atomic E-state index is 0.107. The SMILES string of the molecule is COc1ccc(C(Cl)C(C)c2ccccc2)cc1F. The van der Waals surface area contributed by atoms with Crippen LogP contribution in [0.25, 0.3) is 0 Å². The van der Waals surface area contributed by atoms with Gasteiger partial charge in [0.15, 0.2) is 11.6 Å². The lowest BCUT2D eigenvalue weighted by Gasteiger charge is -2.19. The van der Waals surface area contributed by atoms with Crippen LogP contribution < -0.4 is 4.74 Å². The predicted octanol–water partition coefficient (Wildman–Crippen LogP) is 4.92. The van der Waals surface area contributed by atoms with Gasteiger partial charge in [-0.05, 0) is 23.3 Å². The van der Waals surface area contributed by atoms with Crippen molar-refractivity contribution in [2.75, 3.05) is 7.11 Å². The summed E-state index contributed by atoms with van der Waals surface area (Å²) in [7, 11) is 1.45. The Hall–Kier alpha value is -1.54. The van der Waals surface area contributed by atoms with Crippen LogP contribution in [0.4, 0.5) is 4.39 Å². The van der Waals surface area contributed by atoms with Crippen molar-refractivity contribution < 1.29 is 9.13 Å². The topological polar surface area (TPSA) is 9.23 Å². The smallest absolute Gasteiger partial charge is 0.165 e. The summed E-state index contributed by atoms with van der Waals surface area (Å²) in [4.78, 5) is 0. The summed E-state index contributed by atoms with van der Waals surface area (Å²) in [5, 5.41) is -0.275. The molecular weight excluding hydrogens is 263 g/mol. The Morgan fingerprint density at radius 3 is 2.32 bits per heavy atom. The maximum atomic E-state index is 13.7. The maximum Gasteiger partial charge on any atom is 0.165 e. The molecule has 0 radical (unpaired) electrons. The van der Waals surface area contributed by atoms with E-state index in [4.69, 9.17) is 16.3 Å². The van der Waals surface area contributed by atoms with Gasteiger partial charge in [0.25, 0.3) is 0 Å². The highest BCUT2D eigenvalue weighted by Crippen LogP contribution is 2.37. The number of benzene rings is 2. The van der Waals surface area contributed by atoms with Crippen LogP contribution in [0.3, 0.4) is 0 Å². The molecule has 0 saturated carbocycles. The van der Waals surface area contributed by atoms with Crippen LogP contribution in [0.1, 0.15) is 29.3 Å². The lowest BCUT2D eigenvalue weighted by atomic mass is 9.93. The normalized spacial score (nSPS) is 13.9. The molecule has 0 fully saturated rings. The molecule has 0 amide bonds. The van der Waals surface area contributed by atoms with Crippen molar-refractivity contribution >= 4 is 11.6 Å². The molecular formula is C16H16ClFO. The first-order valence-electron chi connectivity index (χ1n) is 6.16. The molecule has 0 aromatic heterocycles. The Morgan fingerprint density at radius 1 is 1.05 bits per heavy atom. The zero-order valence-corrected chi connectivity index (χ0v) is 11.7. The second kappa shape index (κ2) is 6.07. The summed E-state index contributed by atoms with van der Waals surface area (Å²) in [6.07, 6.45) is 0. The predicted molar refractivity (Wildman–Crippen MR) is 76.4 cm³/mol. The van der Waals surface area contributed by atoms with Crippen LogP contribution >= 0.6 is 11.6 Å². The molecule has 0 saturated heterocycles. The fourth-order valence-electron chi connectivity index (χ4n) is 2.07. The quantitative estimate of drug-likeness (QED) is 0.722. The number of halogens is 2. The highest BCUT2D eigenvalue weighted by Gasteiger charge is 2.19. The van der Waals surface area contributed by atoms with E-state index in [0.29, 0.717) is 0 Å². The van der Waals surface area contributed by atoms with Gasteiger partial charge in [0, 0.05) is 5.92 Å². The van der Waals surface area contributed by atoms with Gasteiger partial charge in [-0.25, -0.2) is 4.39 Å². The number of rotatable bonds is 4. The van der Waals surface area contributed by atoms with E-state index in [0.717, 1.165) is 11.1 Å². The molecule has 0 N–H and O–H groups in total. The Morgan fingerprint density at radius 2 is 1.74 bits per heavy atom. The number of alkyl halides is 1. The zero-order valence-electron chi connectivity index (χ0n) is 10.9. The Kier molecular flexibility index (Phi) is 4.43. The van der Waals surface area contributed by atoms with Crippen molar-refractivity contribution in [2.45, 2.75) is 18.2 Å². The fraction of sp³-hybridized carbons (Fsp3) is 0.250. The lowest BCUT2D eigenvalue weighted by molar-refractivity contribution is 0.386. The third-order valence-electron chi connectivity index (χ3n) is 3.26. The van der Waals surface area contributed by atoms with Gasteiger partial charge in [0.2, 0.25) is 0 Å². The summed E-state index contributed by atoms with van der Waals surface area (Å²) < 4.78 is 18.6. The summed E-state index contributed by atoms with van der Waals surface area (Å²) >= 11 is 6.45. The van der Waals surface area contributed by atoms with Gasteiger partial charge in [-0.1, -0.05) is 43.3 Å². The molecule has 19 heavy (non-hydrogen) atoms. The number of hydrogen-bond acceptors (Lipinski definition) is 1. The molecule has 1 nitrogen and oxygen atoms in total. The van der Waals surface area contributed by atoms with E-state index in [1.54, 1.807) is 12.1 Å². The van der Waals surface area contributed by atoms with Crippen molar-refractivity contribution in [2.24, 2.45) is 0 Å². The van der Waals surface area contributed by atoms with E-state index in [2.05, 4.69) is 0 Å². The molecule has 2 rings (SSSR count). The van der Waals surface area contributed by atoms with Crippen LogP contribution in [-0.2, 0) is 0 Å². The van der Waals surface area contributed by atoms with Crippen LogP contribution in [0.15, 0.2) is 48.5 Å². The molecule has 0 aliphatic heterocycles. The third kappa shape index (κ3) is 3.07. The van der Waals surface area contributed by atoms with E-state index in [9.17, 15) is 4.39 Å². The highest BCUT2D eigenvalue weighted by molar-refractivity contribution is 6.21. The monoisotopic (exact) mass is 278 g/mol. The Bertz CT molecular complexity index is 542. The molecule has 0 spiro atoms. The van der Waals surface area contributed by atoms with Crippen LogP contribution in [-0.4, -0.2) is 7.11 Å². The van der Waals surface area contributed by atoms with Crippen molar-refractivity contribution in [1.29, 1.82) is 0 Å². The van der Waals surface area contributed by atoms with E-state index >= 15 is 0 Å². The molecule has 2 atom stereocenters. The highest BCUT2D eigenvalue weighted by atomic mass is 35.5. The molecule has 2 aromatic rings. The van der Waals surface area contributed by atoms with Crippen LogP contribution in [0.2, 0.25) is 0 Å². The second-order valence-electron chi connectivity index (χ2n) is 4.50. The van der Waals surface area contributed by atoms with Gasteiger partial charge in [-0.2, -0.15) is 0 Å². The summed E-state index contributed by atoms with van der Waals surface area (Å²) in [5.41, 5.74) is 1.90. The summed E-state index contributed by atoms with van der Waals surface area (Å²) in [6.45, 7) is 2.04. The van der Waals surface area contributed by atoms with Gasteiger partial charge in [0.05, 0.1) is 12.5 Å². The first-order chi connectivity index (χ1) is 9.13. The number of methoxy groups -OCH3 is 1. The van der Waals surface area contributed by atoms with Gasteiger partial charge >= 0.3 is 0 Å². The average molecular weight is 279 g/mol. The molecule has 0 aliphatic rings. The standard InChI is InChI=1S/C16H16ClFO/c1-11(12-6-4-3-5-7-12)16(17)13-8-9-15(19-2)14(18)10-13/h3-11,16H,1-2H3. The first-order valence-corrected chi connectivity index (χ1v) is 6.59. The number of hydrogen-bond donors (Lipinski definition) is 0. The molecule has 2 aromatic carbocycles. The van der Waals surface area contributed by atoms with E-state index in [-0.39, 0.29) is 22.9 Å². The van der Waals surface area contributed by atoms with E-state index in [1.807, 2.05) is 37.3 Å². The minimum atomic E-state index is -0.383. The minimum Gasteiger partial charge on any atom is -0.494 e. The Labute approximate surface area is 118 Å². The third-order valence-corrected chi connectivity index (χ3v) is 3.89. The van der Waals surface area contributed by atoms with E-state index < -0.39 is 0 Å². The first kappa shape index (κ1) is 13.9. The van der Waals surface area contributed by atoms with Gasteiger partial charge in [0.1, 0.15) is 0 Å². The van der Waals surface area contributed by atoms with Crippen molar-refractivity contribution in [3.63, 3.8) is 0 Å². The van der Waals surface area contributed by atoms with Gasteiger partial charge in [-0.3, -0.25) is 0 Å². The Balaban J connectivity index is 2.24. The van der Waals surface area contributed by atoms with Gasteiger partial charge in [-0.15, -0.1) is 11.6 Å². The van der Waals surface area contributed by atoms with Crippen LogP contribution in [0.5, 0.6) is 5.75 Å². The van der Waals surface area contributed by atoms with Crippen molar-refractivity contribution in [3.05, 3.63) is 65.5 Å². The van der Waals surface area contributed by atoms with Crippen LogP contribution in [0, 0.1) is 5.82 Å². The molecule has 2 unspecified atom stereocenters. The second-order valence-corrected chi connectivity index (χ2v) is 4.97. The number of ether oxygens (including phenoxy) is 1. The fourth-order valence-corrected chi connectivity index (χ4v) is 2.35. The molecule has 0 aliphatic carbocycles. The molecule has 3 heteroatoms. The maximum absolute atomic E-state index is 13.7.